The van der Waals surface area contributed by atoms with Gasteiger partial charge in [-0.1, -0.05) is 12.2 Å². The van der Waals surface area contributed by atoms with Crippen LogP contribution in [0.2, 0.25) is 0 Å². The number of carbonyl (C=O) groups is 1. The van der Waals surface area contributed by atoms with Crippen molar-refractivity contribution >= 4 is 16.9 Å². The number of rotatable bonds is 3. The van der Waals surface area contributed by atoms with Crippen LogP contribution in [0.1, 0.15) is 51.0 Å². The number of nitrogens with zero attached hydrogens (tertiary/aromatic N) is 2. The number of aromatic nitrogens is 2. The van der Waals surface area contributed by atoms with Crippen LogP contribution in [0, 0.1) is 5.92 Å². The zero-order valence-electron chi connectivity index (χ0n) is 14.0. The van der Waals surface area contributed by atoms with Crippen LogP contribution >= 0.6 is 0 Å². The SMILES string of the molecule is O=C(NC1CCC(n2ccc3cccnc32)CC1)C1CC=CCC1. The van der Waals surface area contributed by atoms with Gasteiger partial charge in [0.2, 0.25) is 5.91 Å². The predicted octanol–water partition coefficient (Wildman–Crippen LogP) is 3.99. The van der Waals surface area contributed by atoms with Crippen LogP contribution in [0.4, 0.5) is 0 Å². The monoisotopic (exact) mass is 323 g/mol. The maximum Gasteiger partial charge on any atom is 0.223 e. The van der Waals surface area contributed by atoms with E-state index < -0.39 is 0 Å². The van der Waals surface area contributed by atoms with Crippen LogP contribution < -0.4 is 5.32 Å². The number of carbonyl (C=O) groups excluding carboxylic acids is 1. The number of pyridine rings is 1. The Morgan fingerprint density at radius 2 is 2.00 bits per heavy atom. The minimum atomic E-state index is 0.185. The quantitative estimate of drug-likeness (QED) is 0.868. The van der Waals surface area contributed by atoms with Gasteiger partial charge in [0.15, 0.2) is 0 Å². The van der Waals surface area contributed by atoms with Crippen molar-refractivity contribution < 1.29 is 4.79 Å². The summed E-state index contributed by atoms with van der Waals surface area (Å²) in [6.07, 6.45) is 15.6. The molecule has 1 unspecified atom stereocenters. The lowest BCUT2D eigenvalue weighted by molar-refractivity contribution is -0.126. The molecule has 1 N–H and O–H groups in total. The lowest BCUT2D eigenvalue weighted by Crippen LogP contribution is -2.41. The van der Waals surface area contributed by atoms with E-state index in [2.05, 4.69) is 45.3 Å². The third kappa shape index (κ3) is 3.10. The van der Waals surface area contributed by atoms with Gasteiger partial charge >= 0.3 is 0 Å². The molecule has 4 nitrogen and oxygen atoms in total. The molecule has 2 aromatic heterocycles. The second-order valence-corrected chi connectivity index (χ2v) is 7.13. The highest BCUT2D eigenvalue weighted by molar-refractivity contribution is 5.79. The van der Waals surface area contributed by atoms with Crippen LogP contribution in [0.5, 0.6) is 0 Å². The van der Waals surface area contributed by atoms with Crippen molar-refractivity contribution in [2.24, 2.45) is 5.92 Å². The highest BCUT2D eigenvalue weighted by atomic mass is 16.1. The van der Waals surface area contributed by atoms with Gasteiger partial charge in [0.25, 0.3) is 0 Å². The average Bonchev–Trinajstić information content (AvgIpc) is 3.07. The summed E-state index contributed by atoms with van der Waals surface area (Å²) in [5.41, 5.74) is 1.08. The molecule has 0 bridgehead atoms. The first-order chi connectivity index (χ1) is 11.8. The first-order valence-corrected chi connectivity index (χ1v) is 9.18. The average molecular weight is 323 g/mol. The molecule has 24 heavy (non-hydrogen) atoms. The molecule has 0 spiro atoms. The van der Waals surface area contributed by atoms with Crippen LogP contribution in [-0.4, -0.2) is 21.5 Å². The summed E-state index contributed by atoms with van der Waals surface area (Å²) in [4.78, 5) is 16.9. The summed E-state index contributed by atoms with van der Waals surface area (Å²) in [7, 11) is 0. The number of amides is 1. The minimum Gasteiger partial charge on any atom is -0.353 e. The summed E-state index contributed by atoms with van der Waals surface area (Å²) < 4.78 is 2.32. The molecule has 1 fully saturated rings. The first kappa shape index (κ1) is 15.4. The van der Waals surface area contributed by atoms with Crippen molar-refractivity contribution in [3.8, 4) is 0 Å². The number of nitrogens with one attached hydrogen (secondary N) is 1. The van der Waals surface area contributed by atoms with Crippen molar-refractivity contribution in [2.75, 3.05) is 0 Å². The molecule has 0 aliphatic heterocycles. The van der Waals surface area contributed by atoms with E-state index in [0.29, 0.717) is 12.1 Å². The zero-order valence-corrected chi connectivity index (χ0v) is 14.0. The van der Waals surface area contributed by atoms with Crippen molar-refractivity contribution in [2.45, 2.75) is 57.0 Å². The Morgan fingerprint density at radius 3 is 2.79 bits per heavy atom. The molecule has 1 atom stereocenters. The predicted molar refractivity (Wildman–Crippen MR) is 95.6 cm³/mol. The summed E-state index contributed by atoms with van der Waals surface area (Å²) in [6.45, 7) is 0. The third-order valence-corrected chi connectivity index (χ3v) is 5.55. The molecule has 2 heterocycles. The van der Waals surface area contributed by atoms with E-state index in [4.69, 9.17) is 0 Å². The van der Waals surface area contributed by atoms with Crippen LogP contribution in [0.3, 0.4) is 0 Å². The number of hydrogen-bond acceptors (Lipinski definition) is 2. The van der Waals surface area contributed by atoms with Gasteiger partial charge in [0.1, 0.15) is 5.65 Å². The molecular formula is C20H25N3O. The Morgan fingerprint density at radius 1 is 1.12 bits per heavy atom. The fraction of sp³-hybridized carbons (Fsp3) is 0.500. The van der Waals surface area contributed by atoms with Crippen LogP contribution in [0.15, 0.2) is 42.7 Å². The third-order valence-electron chi connectivity index (χ3n) is 5.55. The minimum absolute atomic E-state index is 0.185. The Balaban J connectivity index is 1.35. The van der Waals surface area contributed by atoms with E-state index >= 15 is 0 Å². The Kier molecular flexibility index (Phi) is 4.37. The van der Waals surface area contributed by atoms with E-state index in [1.54, 1.807) is 0 Å². The van der Waals surface area contributed by atoms with Gasteiger partial charge in [0.05, 0.1) is 0 Å². The van der Waals surface area contributed by atoms with E-state index in [9.17, 15) is 4.79 Å². The zero-order chi connectivity index (χ0) is 16.4. The summed E-state index contributed by atoms with van der Waals surface area (Å²) >= 11 is 0. The first-order valence-electron chi connectivity index (χ1n) is 9.18. The summed E-state index contributed by atoms with van der Waals surface area (Å²) in [5.74, 6) is 0.446. The van der Waals surface area contributed by atoms with Gasteiger partial charge in [-0.25, -0.2) is 4.98 Å². The van der Waals surface area contributed by atoms with Crippen LogP contribution in [-0.2, 0) is 4.79 Å². The van der Waals surface area contributed by atoms with Crippen molar-refractivity contribution in [3.05, 3.63) is 42.7 Å². The van der Waals surface area contributed by atoms with Crippen molar-refractivity contribution in [1.29, 1.82) is 0 Å². The van der Waals surface area contributed by atoms with Gasteiger partial charge in [-0.2, -0.15) is 0 Å². The highest BCUT2D eigenvalue weighted by Gasteiger charge is 2.26. The highest BCUT2D eigenvalue weighted by Crippen LogP contribution is 2.31. The lowest BCUT2D eigenvalue weighted by atomic mass is 9.89. The Labute approximate surface area is 143 Å². The van der Waals surface area contributed by atoms with E-state index in [-0.39, 0.29) is 11.8 Å². The molecule has 0 aromatic carbocycles. The molecule has 2 aliphatic rings. The van der Waals surface area contributed by atoms with Gasteiger partial charge in [-0.05, 0) is 63.1 Å². The van der Waals surface area contributed by atoms with Crippen LogP contribution in [0.25, 0.3) is 11.0 Å². The fourth-order valence-corrected chi connectivity index (χ4v) is 4.13. The molecule has 1 amide bonds. The number of allylic oxidation sites excluding steroid dienone is 2. The maximum atomic E-state index is 12.4. The molecule has 0 radical (unpaired) electrons. The van der Waals surface area contributed by atoms with Gasteiger partial charge in [0, 0.05) is 35.8 Å². The standard InChI is InChI=1S/C20H25N3O/c24-20(16-5-2-1-3-6-16)22-17-8-10-18(11-9-17)23-14-12-15-7-4-13-21-19(15)23/h1-2,4,7,12-14,16-18H,3,5-6,8-11H2,(H,22,24). The largest absolute Gasteiger partial charge is 0.353 e. The number of fused-ring (bicyclic) bond motifs is 1. The van der Waals surface area contributed by atoms with Gasteiger partial charge in [-0.3, -0.25) is 4.79 Å². The summed E-state index contributed by atoms with van der Waals surface area (Å²) in [6, 6.07) is 7.09. The summed E-state index contributed by atoms with van der Waals surface area (Å²) in [5, 5.41) is 4.50. The molecule has 2 aromatic rings. The molecule has 1 saturated carbocycles. The Bertz CT molecular complexity index is 740. The van der Waals surface area contributed by atoms with Crippen molar-refractivity contribution in [1.82, 2.24) is 14.9 Å². The molecular weight excluding hydrogens is 298 g/mol. The van der Waals surface area contributed by atoms with E-state index in [1.165, 1.54) is 5.39 Å². The smallest absolute Gasteiger partial charge is 0.223 e. The second kappa shape index (κ2) is 6.80. The lowest BCUT2D eigenvalue weighted by Gasteiger charge is -2.31. The molecule has 2 aliphatic carbocycles. The topological polar surface area (TPSA) is 46.9 Å². The van der Waals surface area contributed by atoms with E-state index in [0.717, 1.165) is 50.6 Å². The normalized spacial score (nSPS) is 27.2. The molecule has 0 saturated heterocycles. The molecule has 4 heteroatoms. The van der Waals surface area contributed by atoms with Gasteiger partial charge in [-0.15, -0.1) is 0 Å². The maximum absolute atomic E-state index is 12.4. The fourth-order valence-electron chi connectivity index (χ4n) is 4.13. The second-order valence-electron chi connectivity index (χ2n) is 7.13. The van der Waals surface area contributed by atoms with E-state index in [1.807, 2.05) is 12.3 Å². The molecule has 4 rings (SSSR count). The Hall–Kier alpha value is -2.10. The molecule has 126 valence electrons. The number of hydrogen-bond donors (Lipinski definition) is 1. The van der Waals surface area contributed by atoms with Crippen molar-refractivity contribution in [3.63, 3.8) is 0 Å². The van der Waals surface area contributed by atoms with Gasteiger partial charge < -0.3 is 9.88 Å².